The third-order valence-electron chi connectivity index (χ3n) is 3.40. The maximum Gasteiger partial charge on any atom is 0.277 e. The normalized spacial score (nSPS) is 10.2. The number of carbonyl (C=O) groups is 1. The molecule has 1 aromatic heterocycles. The fourth-order valence-electron chi connectivity index (χ4n) is 2.20. The second-order valence-corrected chi connectivity index (χ2v) is 6.52. The molecule has 0 aliphatic carbocycles. The molecule has 0 spiro atoms. The van der Waals surface area contributed by atoms with Gasteiger partial charge in [0.2, 0.25) is 5.91 Å². The van der Waals surface area contributed by atoms with E-state index >= 15 is 0 Å². The van der Waals surface area contributed by atoms with Gasteiger partial charge in [-0.1, -0.05) is 30.0 Å². The van der Waals surface area contributed by atoms with Crippen molar-refractivity contribution in [1.82, 2.24) is 10.2 Å². The maximum atomic E-state index is 12.0. The Hall–Kier alpha value is -3.31. The molecule has 0 aliphatic rings. The maximum absolute atomic E-state index is 12.0. The van der Waals surface area contributed by atoms with Crippen LogP contribution >= 0.6 is 11.8 Å². The molecule has 1 heterocycles. The molecule has 0 aliphatic heterocycles. The molecular formula is C19H16N4O3S. The number of carbonyl (C=O) groups excluding carboxylic acids is 1. The summed E-state index contributed by atoms with van der Waals surface area (Å²) in [5, 5.41) is 19.7. The first-order valence-corrected chi connectivity index (χ1v) is 9.05. The molecule has 27 heavy (non-hydrogen) atoms. The first-order chi connectivity index (χ1) is 13.1. The Morgan fingerprint density at radius 3 is 2.93 bits per heavy atom. The van der Waals surface area contributed by atoms with Crippen LogP contribution in [0.1, 0.15) is 17.0 Å². The first-order valence-electron chi connectivity index (χ1n) is 8.07. The quantitative estimate of drug-likeness (QED) is 0.625. The molecule has 0 saturated heterocycles. The lowest BCUT2D eigenvalue weighted by Gasteiger charge is -2.04. The van der Waals surface area contributed by atoms with Gasteiger partial charge in [-0.05, 0) is 42.8 Å². The Morgan fingerprint density at radius 2 is 2.11 bits per heavy atom. The highest BCUT2D eigenvalue weighted by Gasteiger charge is 2.11. The molecule has 0 bridgehead atoms. The van der Waals surface area contributed by atoms with Crippen LogP contribution in [0.4, 0.5) is 5.69 Å². The topological polar surface area (TPSA) is 101 Å². The number of amides is 1. The van der Waals surface area contributed by atoms with Crippen LogP contribution in [0, 0.1) is 18.3 Å². The number of aryl methyl sites for hydroxylation is 1. The number of benzene rings is 2. The van der Waals surface area contributed by atoms with E-state index in [-0.39, 0.29) is 18.3 Å². The molecule has 0 radical (unpaired) electrons. The van der Waals surface area contributed by atoms with E-state index < -0.39 is 0 Å². The van der Waals surface area contributed by atoms with Crippen LogP contribution in [0.3, 0.4) is 0 Å². The van der Waals surface area contributed by atoms with Gasteiger partial charge in [0, 0.05) is 5.69 Å². The van der Waals surface area contributed by atoms with Gasteiger partial charge >= 0.3 is 0 Å². The van der Waals surface area contributed by atoms with Crippen LogP contribution in [0.2, 0.25) is 0 Å². The van der Waals surface area contributed by atoms with Crippen LogP contribution < -0.4 is 10.1 Å². The number of hydrogen-bond acceptors (Lipinski definition) is 7. The first kappa shape index (κ1) is 18.5. The standard InChI is InChI=1S/C19H16N4O3S/c1-13-4-2-7-16(8-13)25-11-18-22-23-19(26-18)27-12-17(24)21-15-6-3-5-14(9-15)10-20/h2-9H,11-12H2,1H3,(H,21,24). The molecule has 1 N–H and O–H groups in total. The zero-order valence-corrected chi connectivity index (χ0v) is 15.3. The summed E-state index contributed by atoms with van der Waals surface area (Å²) in [6.45, 7) is 2.14. The number of thioether (sulfide) groups is 1. The van der Waals surface area contributed by atoms with Crippen molar-refractivity contribution < 1.29 is 13.9 Å². The number of rotatable bonds is 7. The number of hydrogen-bond donors (Lipinski definition) is 1. The summed E-state index contributed by atoms with van der Waals surface area (Å²) in [4.78, 5) is 12.0. The van der Waals surface area contributed by atoms with Crippen LogP contribution in [-0.4, -0.2) is 21.9 Å². The van der Waals surface area contributed by atoms with E-state index in [1.54, 1.807) is 24.3 Å². The Bertz CT molecular complexity index is 981. The highest BCUT2D eigenvalue weighted by Crippen LogP contribution is 2.19. The highest BCUT2D eigenvalue weighted by atomic mass is 32.2. The lowest BCUT2D eigenvalue weighted by Crippen LogP contribution is -2.14. The van der Waals surface area contributed by atoms with E-state index in [4.69, 9.17) is 14.4 Å². The number of nitrogens with zero attached hydrogens (tertiary/aromatic N) is 3. The van der Waals surface area contributed by atoms with Gasteiger partial charge in [0.15, 0.2) is 6.61 Å². The smallest absolute Gasteiger partial charge is 0.277 e. The van der Waals surface area contributed by atoms with E-state index in [9.17, 15) is 4.79 Å². The Morgan fingerprint density at radius 1 is 1.26 bits per heavy atom. The summed E-state index contributed by atoms with van der Waals surface area (Å²) in [6.07, 6.45) is 0. The summed E-state index contributed by atoms with van der Waals surface area (Å²) in [5.41, 5.74) is 2.15. The Labute approximate surface area is 160 Å². The molecule has 0 saturated carbocycles. The van der Waals surface area contributed by atoms with E-state index in [2.05, 4.69) is 15.5 Å². The van der Waals surface area contributed by atoms with Crippen molar-refractivity contribution in [3.63, 3.8) is 0 Å². The Balaban J connectivity index is 1.47. The SMILES string of the molecule is Cc1cccc(OCc2nnc(SCC(=O)Nc3cccc(C#N)c3)o2)c1. The number of ether oxygens (including phenoxy) is 1. The molecule has 8 heteroatoms. The van der Waals surface area contributed by atoms with E-state index in [1.807, 2.05) is 37.3 Å². The van der Waals surface area contributed by atoms with Gasteiger partial charge in [0.25, 0.3) is 11.1 Å². The van der Waals surface area contributed by atoms with Gasteiger partial charge in [-0.15, -0.1) is 10.2 Å². The number of nitriles is 1. The minimum Gasteiger partial charge on any atom is -0.484 e. The minimum absolute atomic E-state index is 0.108. The molecule has 0 fully saturated rings. The van der Waals surface area contributed by atoms with E-state index in [0.717, 1.165) is 23.1 Å². The summed E-state index contributed by atoms with van der Waals surface area (Å²) in [7, 11) is 0. The number of nitrogens with one attached hydrogen (secondary N) is 1. The van der Waals surface area contributed by atoms with Crippen molar-refractivity contribution in [1.29, 1.82) is 5.26 Å². The van der Waals surface area contributed by atoms with Crippen molar-refractivity contribution in [2.24, 2.45) is 0 Å². The second-order valence-electron chi connectivity index (χ2n) is 5.60. The van der Waals surface area contributed by atoms with Crippen molar-refractivity contribution in [3.05, 3.63) is 65.5 Å². The molecule has 2 aromatic carbocycles. The number of aromatic nitrogens is 2. The fourth-order valence-corrected chi connectivity index (χ4v) is 2.78. The fraction of sp³-hybridized carbons (Fsp3) is 0.158. The van der Waals surface area contributed by atoms with Crippen LogP contribution in [0.5, 0.6) is 5.75 Å². The van der Waals surface area contributed by atoms with E-state index in [0.29, 0.717) is 22.4 Å². The molecular weight excluding hydrogens is 364 g/mol. The zero-order chi connectivity index (χ0) is 19.1. The van der Waals surface area contributed by atoms with Gasteiger partial charge in [-0.2, -0.15) is 5.26 Å². The van der Waals surface area contributed by atoms with Crippen molar-refractivity contribution in [3.8, 4) is 11.8 Å². The van der Waals surface area contributed by atoms with Gasteiger partial charge in [-0.25, -0.2) is 0 Å². The average Bonchev–Trinajstić information content (AvgIpc) is 3.13. The summed E-state index contributed by atoms with van der Waals surface area (Å²) in [6, 6.07) is 16.4. The summed E-state index contributed by atoms with van der Waals surface area (Å²) < 4.78 is 11.1. The third kappa shape index (κ3) is 5.59. The molecule has 0 atom stereocenters. The van der Waals surface area contributed by atoms with Crippen molar-refractivity contribution >= 4 is 23.4 Å². The highest BCUT2D eigenvalue weighted by molar-refractivity contribution is 7.99. The van der Waals surface area contributed by atoms with Crippen LogP contribution in [-0.2, 0) is 11.4 Å². The minimum atomic E-state index is -0.231. The predicted molar refractivity (Wildman–Crippen MR) is 100 cm³/mol. The van der Waals surface area contributed by atoms with Crippen LogP contribution in [0.25, 0.3) is 0 Å². The molecule has 0 unspecified atom stereocenters. The van der Waals surface area contributed by atoms with Crippen LogP contribution in [0.15, 0.2) is 58.2 Å². The largest absolute Gasteiger partial charge is 0.484 e. The monoisotopic (exact) mass is 380 g/mol. The lowest BCUT2D eigenvalue weighted by molar-refractivity contribution is -0.113. The third-order valence-corrected chi connectivity index (χ3v) is 4.22. The zero-order valence-electron chi connectivity index (χ0n) is 14.5. The van der Waals surface area contributed by atoms with E-state index in [1.165, 1.54) is 0 Å². The van der Waals surface area contributed by atoms with Crippen molar-refractivity contribution in [2.75, 3.05) is 11.1 Å². The lowest BCUT2D eigenvalue weighted by atomic mass is 10.2. The molecule has 3 aromatic rings. The summed E-state index contributed by atoms with van der Waals surface area (Å²) >= 11 is 1.13. The summed E-state index contributed by atoms with van der Waals surface area (Å²) in [5.74, 6) is 0.935. The van der Waals surface area contributed by atoms with Gasteiger partial charge < -0.3 is 14.5 Å². The molecule has 3 rings (SSSR count). The van der Waals surface area contributed by atoms with Crippen molar-refractivity contribution in [2.45, 2.75) is 18.8 Å². The van der Waals surface area contributed by atoms with Gasteiger partial charge in [-0.3, -0.25) is 4.79 Å². The average molecular weight is 380 g/mol. The predicted octanol–water partition coefficient (Wildman–Crippen LogP) is 3.56. The van der Waals surface area contributed by atoms with Gasteiger partial charge in [0.05, 0.1) is 17.4 Å². The molecule has 1 amide bonds. The molecule has 7 nitrogen and oxygen atoms in total. The second kappa shape index (κ2) is 8.87. The Kier molecular flexibility index (Phi) is 6.07. The number of anilines is 1. The van der Waals surface area contributed by atoms with Gasteiger partial charge in [0.1, 0.15) is 5.75 Å². The molecule has 136 valence electrons.